The minimum Gasteiger partial charge on any atom is -0.397 e. The second-order valence-corrected chi connectivity index (χ2v) is 6.17. The van der Waals surface area contributed by atoms with Crippen molar-refractivity contribution in [1.29, 1.82) is 0 Å². The third-order valence-corrected chi connectivity index (χ3v) is 5.58. The zero-order valence-electron chi connectivity index (χ0n) is 9.08. The summed E-state index contributed by atoms with van der Waals surface area (Å²) in [7, 11) is 0. The summed E-state index contributed by atoms with van der Waals surface area (Å²) < 4.78 is 2.02. The molecule has 0 saturated carbocycles. The van der Waals surface area contributed by atoms with Gasteiger partial charge in [0, 0.05) is 9.37 Å². The number of benzene rings is 1. The van der Waals surface area contributed by atoms with E-state index in [1.807, 2.05) is 25.1 Å². The quantitative estimate of drug-likeness (QED) is 0.832. The molecule has 0 aliphatic heterocycles. The van der Waals surface area contributed by atoms with E-state index in [0.717, 1.165) is 24.4 Å². The number of hydrogen-bond acceptors (Lipinski definition) is 3. The first-order chi connectivity index (χ1) is 8.09. The van der Waals surface area contributed by atoms with Gasteiger partial charge in [-0.25, -0.2) is 4.98 Å². The minimum absolute atomic E-state index is 0.702. The Morgan fingerprint density at radius 1 is 1.24 bits per heavy atom. The van der Waals surface area contributed by atoms with Gasteiger partial charge in [-0.15, -0.1) is 0 Å². The van der Waals surface area contributed by atoms with Crippen molar-refractivity contribution in [3.63, 3.8) is 0 Å². The van der Waals surface area contributed by atoms with Crippen LogP contribution in [0.15, 0.2) is 49.3 Å². The fourth-order valence-electron chi connectivity index (χ4n) is 1.27. The molecule has 1 aromatic heterocycles. The highest BCUT2D eigenvalue weighted by molar-refractivity contribution is 9.11. The first-order valence-corrected chi connectivity index (χ1v) is 7.33. The minimum atomic E-state index is 0.702. The summed E-state index contributed by atoms with van der Waals surface area (Å²) in [6.07, 6.45) is 1.69. The fourth-order valence-corrected chi connectivity index (χ4v) is 3.24. The molecule has 0 spiro atoms. The Labute approximate surface area is 121 Å². The second-order valence-electron chi connectivity index (χ2n) is 3.49. The van der Waals surface area contributed by atoms with Gasteiger partial charge >= 0.3 is 0 Å². The predicted octanol–water partition coefficient (Wildman–Crippen LogP) is 4.65. The number of pyridine rings is 1. The SMILES string of the molecule is Cc1c(N)cnc(Sc2ccccc2Br)c1Br. The third-order valence-electron chi connectivity index (χ3n) is 2.31. The molecule has 2 N–H and O–H groups in total. The van der Waals surface area contributed by atoms with Gasteiger partial charge in [0.15, 0.2) is 0 Å². The van der Waals surface area contributed by atoms with E-state index in [1.165, 1.54) is 0 Å². The molecule has 2 rings (SSSR count). The fraction of sp³-hybridized carbons (Fsp3) is 0.0833. The molecule has 0 fully saturated rings. The van der Waals surface area contributed by atoms with E-state index in [-0.39, 0.29) is 0 Å². The lowest BCUT2D eigenvalue weighted by molar-refractivity contribution is 1.09. The van der Waals surface area contributed by atoms with Crippen molar-refractivity contribution >= 4 is 49.3 Å². The van der Waals surface area contributed by atoms with Crippen LogP contribution in [0.1, 0.15) is 5.56 Å². The monoisotopic (exact) mass is 372 g/mol. The van der Waals surface area contributed by atoms with Gasteiger partial charge in [-0.05, 0) is 56.5 Å². The summed E-state index contributed by atoms with van der Waals surface area (Å²) in [5, 5.41) is 0.920. The first-order valence-electron chi connectivity index (χ1n) is 4.92. The average Bonchev–Trinajstić information content (AvgIpc) is 2.32. The smallest absolute Gasteiger partial charge is 0.115 e. The lowest BCUT2D eigenvalue weighted by Gasteiger charge is -2.08. The molecule has 0 amide bonds. The molecule has 0 atom stereocenters. The van der Waals surface area contributed by atoms with Crippen LogP contribution in [-0.2, 0) is 0 Å². The van der Waals surface area contributed by atoms with Crippen LogP contribution in [0.3, 0.4) is 0 Å². The van der Waals surface area contributed by atoms with Gasteiger partial charge in [0.2, 0.25) is 0 Å². The Bertz CT molecular complexity index is 558. The Morgan fingerprint density at radius 3 is 2.65 bits per heavy atom. The van der Waals surface area contributed by atoms with E-state index in [2.05, 4.69) is 42.9 Å². The van der Waals surface area contributed by atoms with Crippen molar-refractivity contribution in [2.45, 2.75) is 16.8 Å². The molecule has 2 aromatic rings. The molecule has 5 heteroatoms. The van der Waals surface area contributed by atoms with Crippen molar-refractivity contribution in [2.75, 3.05) is 5.73 Å². The number of nitrogens with two attached hydrogens (primary N) is 1. The van der Waals surface area contributed by atoms with Crippen LogP contribution in [-0.4, -0.2) is 4.98 Å². The Hall–Kier alpha value is -0.520. The van der Waals surface area contributed by atoms with Crippen LogP contribution in [0.2, 0.25) is 0 Å². The van der Waals surface area contributed by atoms with E-state index in [9.17, 15) is 0 Å². The van der Waals surface area contributed by atoms with Crippen LogP contribution in [0.25, 0.3) is 0 Å². The van der Waals surface area contributed by atoms with Crippen LogP contribution in [0.4, 0.5) is 5.69 Å². The molecule has 0 saturated heterocycles. The largest absolute Gasteiger partial charge is 0.397 e. The van der Waals surface area contributed by atoms with Crippen molar-refractivity contribution in [3.8, 4) is 0 Å². The summed E-state index contributed by atoms with van der Waals surface area (Å²) in [6.45, 7) is 1.98. The number of halogens is 2. The molecule has 17 heavy (non-hydrogen) atoms. The molecule has 1 aromatic carbocycles. The van der Waals surface area contributed by atoms with E-state index in [0.29, 0.717) is 5.69 Å². The highest BCUT2D eigenvalue weighted by Crippen LogP contribution is 2.38. The molecule has 0 aliphatic rings. The maximum absolute atomic E-state index is 5.80. The summed E-state index contributed by atoms with van der Waals surface area (Å²) >= 11 is 8.66. The average molecular weight is 374 g/mol. The number of rotatable bonds is 2. The lowest BCUT2D eigenvalue weighted by atomic mass is 10.3. The number of nitrogens with zero attached hydrogens (tertiary/aromatic N) is 1. The normalized spacial score (nSPS) is 10.5. The van der Waals surface area contributed by atoms with Crippen LogP contribution >= 0.6 is 43.6 Å². The molecule has 1 heterocycles. The molecular weight excluding hydrogens is 364 g/mol. The van der Waals surface area contributed by atoms with Crippen molar-refractivity contribution in [1.82, 2.24) is 4.98 Å². The van der Waals surface area contributed by atoms with E-state index in [1.54, 1.807) is 18.0 Å². The van der Waals surface area contributed by atoms with Crippen LogP contribution in [0, 0.1) is 6.92 Å². The van der Waals surface area contributed by atoms with Gasteiger partial charge in [0.1, 0.15) is 5.03 Å². The van der Waals surface area contributed by atoms with E-state index < -0.39 is 0 Å². The van der Waals surface area contributed by atoms with E-state index >= 15 is 0 Å². The molecule has 0 radical (unpaired) electrons. The summed E-state index contributed by atoms with van der Waals surface area (Å²) in [6, 6.07) is 8.06. The van der Waals surface area contributed by atoms with Crippen molar-refractivity contribution in [2.24, 2.45) is 0 Å². The van der Waals surface area contributed by atoms with Gasteiger partial charge in [0.05, 0.1) is 16.4 Å². The number of anilines is 1. The van der Waals surface area contributed by atoms with Gasteiger partial charge in [-0.2, -0.15) is 0 Å². The van der Waals surface area contributed by atoms with Crippen molar-refractivity contribution in [3.05, 3.63) is 45.0 Å². The Balaban J connectivity index is 2.38. The van der Waals surface area contributed by atoms with Gasteiger partial charge < -0.3 is 5.73 Å². The number of hydrogen-bond donors (Lipinski definition) is 1. The molecule has 0 bridgehead atoms. The lowest BCUT2D eigenvalue weighted by Crippen LogP contribution is -1.94. The topological polar surface area (TPSA) is 38.9 Å². The van der Waals surface area contributed by atoms with E-state index in [4.69, 9.17) is 5.73 Å². The van der Waals surface area contributed by atoms with Gasteiger partial charge in [0.25, 0.3) is 0 Å². The molecule has 0 aliphatic carbocycles. The maximum atomic E-state index is 5.80. The Morgan fingerprint density at radius 2 is 1.94 bits per heavy atom. The standard InChI is InChI=1S/C12H10Br2N2S/c1-7-9(15)6-16-12(11(7)14)17-10-5-3-2-4-8(10)13/h2-6H,15H2,1H3. The Kier molecular flexibility index (Phi) is 4.12. The third kappa shape index (κ3) is 2.84. The summed E-state index contributed by atoms with van der Waals surface area (Å²) in [5.41, 5.74) is 7.53. The summed E-state index contributed by atoms with van der Waals surface area (Å²) in [4.78, 5) is 5.47. The van der Waals surface area contributed by atoms with Crippen LogP contribution in [0.5, 0.6) is 0 Å². The zero-order valence-corrected chi connectivity index (χ0v) is 13.1. The van der Waals surface area contributed by atoms with Gasteiger partial charge in [-0.1, -0.05) is 23.9 Å². The molecule has 2 nitrogen and oxygen atoms in total. The molecule has 88 valence electrons. The second kappa shape index (κ2) is 5.42. The highest BCUT2D eigenvalue weighted by atomic mass is 79.9. The number of aromatic nitrogens is 1. The maximum Gasteiger partial charge on any atom is 0.115 e. The van der Waals surface area contributed by atoms with Crippen LogP contribution < -0.4 is 5.73 Å². The summed E-state index contributed by atoms with van der Waals surface area (Å²) in [5.74, 6) is 0. The molecule has 0 unspecified atom stereocenters. The molecular formula is C12H10Br2N2S. The van der Waals surface area contributed by atoms with Crippen molar-refractivity contribution < 1.29 is 0 Å². The highest BCUT2D eigenvalue weighted by Gasteiger charge is 2.10. The first kappa shape index (κ1) is 12.9. The number of nitrogen functional groups attached to an aromatic ring is 1. The zero-order chi connectivity index (χ0) is 12.4. The predicted molar refractivity (Wildman–Crippen MR) is 79.4 cm³/mol. The van der Waals surface area contributed by atoms with Gasteiger partial charge in [-0.3, -0.25) is 0 Å².